The fraction of sp³-hybridized carbons (Fsp3) is 0.200. The molecule has 80 valence electrons. The van der Waals surface area contributed by atoms with E-state index in [2.05, 4.69) is 4.74 Å². The number of benzene rings is 1. The number of hydrogen-bond donors (Lipinski definition) is 1. The SMILES string of the molecule is COC(=O)C(N)C(=O)Oc1ccccc1. The van der Waals surface area contributed by atoms with Crippen molar-refractivity contribution in [2.75, 3.05) is 7.11 Å². The molecule has 0 fully saturated rings. The summed E-state index contributed by atoms with van der Waals surface area (Å²) < 4.78 is 9.14. The summed E-state index contributed by atoms with van der Waals surface area (Å²) in [6.07, 6.45) is 0. The molecule has 0 aromatic heterocycles. The largest absolute Gasteiger partial charge is 0.467 e. The highest BCUT2D eigenvalue weighted by Gasteiger charge is 2.24. The minimum Gasteiger partial charge on any atom is -0.467 e. The van der Waals surface area contributed by atoms with Crippen LogP contribution in [0.3, 0.4) is 0 Å². The van der Waals surface area contributed by atoms with Crippen LogP contribution in [0.1, 0.15) is 0 Å². The van der Waals surface area contributed by atoms with Crippen LogP contribution in [0.5, 0.6) is 5.75 Å². The Labute approximate surface area is 86.8 Å². The highest BCUT2D eigenvalue weighted by atomic mass is 16.6. The van der Waals surface area contributed by atoms with Gasteiger partial charge in [0.1, 0.15) is 5.75 Å². The van der Waals surface area contributed by atoms with E-state index in [9.17, 15) is 9.59 Å². The van der Waals surface area contributed by atoms with Gasteiger partial charge in [0.2, 0.25) is 6.04 Å². The summed E-state index contributed by atoms with van der Waals surface area (Å²) in [5, 5.41) is 0. The molecule has 1 unspecified atom stereocenters. The molecular formula is C10H11NO4. The first-order chi connectivity index (χ1) is 7.15. The summed E-state index contributed by atoms with van der Waals surface area (Å²) in [5.41, 5.74) is 5.27. The number of ether oxygens (including phenoxy) is 2. The van der Waals surface area contributed by atoms with Crippen molar-refractivity contribution in [3.8, 4) is 5.75 Å². The molecule has 1 rings (SSSR count). The summed E-state index contributed by atoms with van der Waals surface area (Å²) in [4.78, 5) is 22.2. The summed E-state index contributed by atoms with van der Waals surface area (Å²) in [5.74, 6) is -1.33. The lowest BCUT2D eigenvalue weighted by atomic mass is 10.3. The highest BCUT2D eigenvalue weighted by molar-refractivity contribution is 5.99. The van der Waals surface area contributed by atoms with E-state index in [-0.39, 0.29) is 0 Å². The zero-order valence-electron chi connectivity index (χ0n) is 8.17. The van der Waals surface area contributed by atoms with Crippen molar-refractivity contribution in [1.29, 1.82) is 0 Å². The molecule has 5 nitrogen and oxygen atoms in total. The van der Waals surface area contributed by atoms with Crippen molar-refractivity contribution in [3.05, 3.63) is 30.3 Å². The van der Waals surface area contributed by atoms with Crippen LogP contribution >= 0.6 is 0 Å². The Hall–Kier alpha value is -1.88. The van der Waals surface area contributed by atoms with Crippen LogP contribution in [0.2, 0.25) is 0 Å². The number of nitrogens with two attached hydrogens (primary N) is 1. The van der Waals surface area contributed by atoms with Gasteiger partial charge in [-0.25, -0.2) is 9.59 Å². The first-order valence-electron chi connectivity index (χ1n) is 4.25. The second-order valence-corrected chi connectivity index (χ2v) is 2.73. The monoisotopic (exact) mass is 209 g/mol. The molecule has 0 heterocycles. The molecule has 0 radical (unpaired) electrons. The molecule has 15 heavy (non-hydrogen) atoms. The molecule has 0 saturated carbocycles. The Morgan fingerprint density at radius 2 is 1.80 bits per heavy atom. The minimum atomic E-state index is -1.41. The molecule has 1 atom stereocenters. The summed E-state index contributed by atoms with van der Waals surface area (Å²) >= 11 is 0. The van der Waals surface area contributed by atoms with Crippen molar-refractivity contribution < 1.29 is 19.1 Å². The normalized spacial score (nSPS) is 11.6. The number of methoxy groups -OCH3 is 1. The van der Waals surface area contributed by atoms with E-state index in [0.29, 0.717) is 5.75 Å². The predicted molar refractivity (Wildman–Crippen MR) is 52.1 cm³/mol. The van der Waals surface area contributed by atoms with Crippen LogP contribution in [-0.2, 0) is 14.3 Å². The Morgan fingerprint density at radius 1 is 1.20 bits per heavy atom. The summed E-state index contributed by atoms with van der Waals surface area (Å²) in [6.45, 7) is 0. The fourth-order valence-corrected chi connectivity index (χ4v) is 0.891. The number of carbonyl (C=O) groups is 2. The topological polar surface area (TPSA) is 78.6 Å². The van der Waals surface area contributed by atoms with Crippen LogP contribution in [-0.4, -0.2) is 25.1 Å². The Kier molecular flexibility index (Phi) is 3.82. The van der Waals surface area contributed by atoms with Gasteiger partial charge in [-0.15, -0.1) is 0 Å². The first-order valence-corrected chi connectivity index (χ1v) is 4.25. The second kappa shape index (κ2) is 5.11. The molecule has 0 spiro atoms. The molecular weight excluding hydrogens is 198 g/mol. The van der Waals surface area contributed by atoms with Crippen LogP contribution in [0.4, 0.5) is 0 Å². The van der Waals surface area contributed by atoms with E-state index in [1.165, 1.54) is 0 Å². The maximum Gasteiger partial charge on any atom is 0.340 e. The van der Waals surface area contributed by atoms with Gasteiger partial charge < -0.3 is 15.2 Å². The van der Waals surface area contributed by atoms with Crippen LogP contribution in [0.15, 0.2) is 30.3 Å². The predicted octanol–water partition coefficient (Wildman–Crippen LogP) is 0.0923. The molecule has 1 aromatic rings. The highest BCUT2D eigenvalue weighted by Crippen LogP contribution is 2.08. The van der Waals surface area contributed by atoms with Gasteiger partial charge in [0.15, 0.2) is 0 Å². The zero-order valence-corrected chi connectivity index (χ0v) is 8.17. The smallest absolute Gasteiger partial charge is 0.340 e. The summed E-state index contributed by atoms with van der Waals surface area (Å²) in [7, 11) is 1.15. The Bertz CT molecular complexity index is 350. The van der Waals surface area contributed by atoms with Crippen LogP contribution in [0, 0.1) is 0 Å². The lowest BCUT2D eigenvalue weighted by Crippen LogP contribution is -2.42. The third kappa shape index (κ3) is 3.07. The van der Waals surface area contributed by atoms with Crippen molar-refractivity contribution in [2.45, 2.75) is 6.04 Å². The van der Waals surface area contributed by atoms with Crippen LogP contribution < -0.4 is 10.5 Å². The molecule has 0 saturated heterocycles. The molecule has 0 amide bonds. The van der Waals surface area contributed by atoms with Gasteiger partial charge in [0, 0.05) is 0 Å². The van der Waals surface area contributed by atoms with Gasteiger partial charge in [0.25, 0.3) is 0 Å². The number of para-hydroxylation sites is 1. The zero-order chi connectivity index (χ0) is 11.3. The lowest BCUT2D eigenvalue weighted by molar-refractivity contribution is -0.150. The minimum absolute atomic E-state index is 0.335. The van der Waals surface area contributed by atoms with Crippen molar-refractivity contribution >= 4 is 11.9 Å². The summed E-state index contributed by atoms with van der Waals surface area (Å²) in [6, 6.07) is 6.94. The average molecular weight is 209 g/mol. The number of rotatable bonds is 3. The van der Waals surface area contributed by atoms with Gasteiger partial charge in [-0.05, 0) is 12.1 Å². The van der Waals surface area contributed by atoms with Gasteiger partial charge in [-0.3, -0.25) is 0 Å². The molecule has 0 bridgehead atoms. The van der Waals surface area contributed by atoms with E-state index < -0.39 is 18.0 Å². The maximum atomic E-state index is 11.3. The molecule has 2 N–H and O–H groups in total. The van der Waals surface area contributed by atoms with E-state index >= 15 is 0 Å². The second-order valence-electron chi connectivity index (χ2n) is 2.73. The van der Waals surface area contributed by atoms with E-state index in [1.54, 1.807) is 30.3 Å². The fourth-order valence-electron chi connectivity index (χ4n) is 0.891. The molecule has 0 aliphatic heterocycles. The van der Waals surface area contributed by atoms with E-state index in [4.69, 9.17) is 10.5 Å². The molecule has 0 aliphatic rings. The Morgan fingerprint density at radius 3 is 2.33 bits per heavy atom. The van der Waals surface area contributed by atoms with Gasteiger partial charge in [0.05, 0.1) is 7.11 Å². The van der Waals surface area contributed by atoms with Crippen molar-refractivity contribution in [3.63, 3.8) is 0 Å². The standard InChI is InChI=1S/C10H11NO4/c1-14-9(12)8(11)10(13)15-7-5-3-2-4-6-7/h2-6,8H,11H2,1H3. The van der Waals surface area contributed by atoms with E-state index in [0.717, 1.165) is 7.11 Å². The van der Waals surface area contributed by atoms with Crippen molar-refractivity contribution in [1.82, 2.24) is 0 Å². The molecule has 1 aromatic carbocycles. The average Bonchev–Trinajstić information content (AvgIpc) is 2.28. The molecule has 0 aliphatic carbocycles. The third-order valence-corrected chi connectivity index (χ3v) is 1.67. The maximum absolute atomic E-state index is 11.3. The van der Waals surface area contributed by atoms with Gasteiger partial charge in [-0.2, -0.15) is 0 Å². The first kappa shape index (κ1) is 11.2. The number of hydrogen-bond acceptors (Lipinski definition) is 5. The van der Waals surface area contributed by atoms with Gasteiger partial charge in [-0.1, -0.05) is 18.2 Å². The lowest BCUT2D eigenvalue weighted by Gasteiger charge is -2.08. The molecule has 5 heteroatoms. The van der Waals surface area contributed by atoms with Crippen molar-refractivity contribution in [2.24, 2.45) is 5.73 Å². The third-order valence-electron chi connectivity index (χ3n) is 1.67. The quantitative estimate of drug-likeness (QED) is 0.433. The number of esters is 2. The van der Waals surface area contributed by atoms with Gasteiger partial charge >= 0.3 is 11.9 Å². The number of carbonyl (C=O) groups excluding carboxylic acids is 2. The Balaban J connectivity index is 2.60. The van der Waals surface area contributed by atoms with E-state index in [1.807, 2.05) is 0 Å². The van der Waals surface area contributed by atoms with Crippen LogP contribution in [0.25, 0.3) is 0 Å².